The van der Waals surface area contributed by atoms with Gasteiger partial charge >= 0.3 is 0 Å². The van der Waals surface area contributed by atoms with E-state index in [9.17, 15) is 9.59 Å². The number of hydrogen-bond donors (Lipinski definition) is 3. The molecule has 0 unspecified atom stereocenters. The highest BCUT2D eigenvalue weighted by molar-refractivity contribution is 6.05. The number of nitrogens with zero attached hydrogens (tertiary/aromatic N) is 5. The number of amides is 2. The molecule has 1 aliphatic carbocycles. The van der Waals surface area contributed by atoms with Gasteiger partial charge in [0.15, 0.2) is 5.82 Å². The van der Waals surface area contributed by atoms with Gasteiger partial charge in [0, 0.05) is 29.9 Å². The lowest BCUT2D eigenvalue weighted by molar-refractivity contribution is -0.121. The number of pyridine rings is 1. The number of fused-ring (bicyclic) bond motifs is 1. The second-order valence-corrected chi connectivity index (χ2v) is 7.86. The number of nitrogens with one attached hydrogen (secondary N) is 2. The van der Waals surface area contributed by atoms with E-state index in [1.54, 1.807) is 28.9 Å². The van der Waals surface area contributed by atoms with Crippen LogP contribution in [0.3, 0.4) is 0 Å². The predicted octanol–water partition coefficient (Wildman–Crippen LogP) is 1.45. The van der Waals surface area contributed by atoms with Crippen LogP contribution in [-0.4, -0.2) is 50.6 Å². The van der Waals surface area contributed by atoms with Crippen molar-refractivity contribution in [1.29, 1.82) is 5.26 Å². The van der Waals surface area contributed by atoms with Gasteiger partial charge in [-0.05, 0) is 37.8 Å². The number of nitrogen functional groups attached to an aromatic ring is 1. The van der Waals surface area contributed by atoms with Crippen molar-refractivity contribution in [2.24, 2.45) is 0 Å². The molecule has 4 N–H and O–H groups in total. The lowest BCUT2D eigenvalue weighted by Gasteiger charge is -2.29. The fourth-order valence-electron chi connectivity index (χ4n) is 4.12. The Balaban J connectivity index is 1.53. The number of nitriles is 1. The summed E-state index contributed by atoms with van der Waals surface area (Å²) in [6, 6.07) is 7.12. The Labute approximate surface area is 190 Å². The van der Waals surface area contributed by atoms with Gasteiger partial charge in [-0.3, -0.25) is 9.59 Å². The highest BCUT2D eigenvalue weighted by Crippen LogP contribution is 2.29. The lowest BCUT2D eigenvalue weighted by Crippen LogP contribution is -2.43. The standard InChI is InChI=1S/C22H24N8O3/c1-33-19-10-13(7-9-25-19)17-11-16(20-21(24)26-12-27-30(17)20)22(32)29-15-4-2-14(3-5-15)28-18(31)6-8-23/h7,9-12,14-15H,2-6H2,1H3,(H,28,31)(H,29,32)(H2,24,26,27)/t14-,15-. The number of carbonyl (C=O) groups excluding carboxylic acids is 2. The molecule has 0 aliphatic heterocycles. The molecule has 0 saturated heterocycles. The van der Waals surface area contributed by atoms with E-state index in [1.165, 1.54) is 13.4 Å². The van der Waals surface area contributed by atoms with Gasteiger partial charge in [-0.15, -0.1) is 0 Å². The number of carbonyl (C=O) groups is 2. The third-order valence-corrected chi connectivity index (χ3v) is 5.73. The van der Waals surface area contributed by atoms with E-state index >= 15 is 0 Å². The fraction of sp³-hybridized carbons (Fsp3) is 0.364. The van der Waals surface area contributed by atoms with Crippen molar-refractivity contribution < 1.29 is 14.3 Å². The highest BCUT2D eigenvalue weighted by Gasteiger charge is 2.26. The van der Waals surface area contributed by atoms with Crippen molar-refractivity contribution in [3.05, 3.63) is 36.3 Å². The SMILES string of the molecule is COc1cc(-c2cc(C(=O)N[C@H]3CC[C@H](NC(=O)CC#N)CC3)c3c(N)ncnn23)ccn1. The van der Waals surface area contributed by atoms with Gasteiger partial charge in [-0.1, -0.05) is 0 Å². The van der Waals surface area contributed by atoms with Crippen molar-refractivity contribution in [3.8, 4) is 23.2 Å². The summed E-state index contributed by atoms with van der Waals surface area (Å²) in [4.78, 5) is 33.0. The summed E-state index contributed by atoms with van der Waals surface area (Å²) in [5.41, 5.74) is 8.35. The summed E-state index contributed by atoms with van der Waals surface area (Å²) in [5, 5.41) is 18.9. The van der Waals surface area contributed by atoms with E-state index in [2.05, 4.69) is 25.7 Å². The first-order valence-electron chi connectivity index (χ1n) is 10.6. The van der Waals surface area contributed by atoms with Crippen LogP contribution in [0, 0.1) is 11.3 Å². The monoisotopic (exact) mass is 448 g/mol. The molecular formula is C22H24N8O3. The number of aromatic nitrogens is 4. The zero-order valence-electron chi connectivity index (χ0n) is 18.1. The number of anilines is 1. The molecule has 11 heteroatoms. The Morgan fingerprint density at radius 2 is 1.94 bits per heavy atom. The minimum Gasteiger partial charge on any atom is -0.481 e. The van der Waals surface area contributed by atoms with E-state index in [0.717, 1.165) is 31.2 Å². The number of rotatable bonds is 6. The third-order valence-electron chi connectivity index (χ3n) is 5.73. The fourth-order valence-corrected chi connectivity index (χ4v) is 4.12. The molecule has 1 saturated carbocycles. The van der Waals surface area contributed by atoms with Crippen molar-refractivity contribution in [2.45, 2.75) is 44.2 Å². The van der Waals surface area contributed by atoms with Gasteiger partial charge in [-0.25, -0.2) is 14.5 Å². The summed E-state index contributed by atoms with van der Waals surface area (Å²) in [7, 11) is 1.53. The Bertz CT molecular complexity index is 1220. The maximum absolute atomic E-state index is 13.2. The van der Waals surface area contributed by atoms with Crippen molar-refractivity contribution >= 4 is 23.1 Å². The highest BCUT2D eigenvalue weighted by atomic mass is 16.5. The molecule has 4 rings (SSSR count). The molecule has 1 fully saturated rings. The smallest absolute Gasteiger partial charge is 0.253 e. The van der Waals surface area contributed by atoms with Gasteiger partial charge in [0.05, 0.1) is 24.4 Å². The lowest BCUT2D eigenvalue weighted by atomic mass is 9.91. The molecule has 2 amide bonds. The largest absolute Gasteiger partial charge is 0.481 e. The van der Waals surface area contributed by atoms with E-state index in [-0.39, 0.29) is 36.1 Å². The van der Waals surface area contributed by atoms with Crippen molar-refractivity contribution in [1.82, 2.24) is 30.2 Å². The van der Waals surface area contributed by atoms with Crippen LogP contribution >= 0.6 is 0 Å². The normalized spacial score (nSPS) is 17.8. The van der Waals surface area contributed by atoms with Crippen LogP contribution in [0.25, 0.3) is 16.8 Å². The zero-order valence-corrected chi connectivity index (χ0v) is 18.1. The summed E-state index contributed by atoms with van der Waals surface area (Å²) < 4.78 is 6.80. The first-order chi connectivity index (χ1) is 16.0. The van der Waals surface area contributed by atoms with Crippen LogP contribution < -0.4 is 21.1 Å². The first-order valence-corrected chi connectivity index (χ1v) is 10.6. The Morgan fingerprint density at radius 1 is 1.21 bits per heavy atom. The van der Waals surface area contributed by atoms with E-state index in [4.69, 9.17) is 15.7 Å². The molecule has 0 spiro atoms. The van der Waals surface area contributed by atoms with E-state index in [1.807, 2.05) is 6.07 Å². The molecular weight excluding hydrogens is 424 g/mol. The number of nitrogens with two attached hydrogens (primary N) is 1. The molecule has 0 aromatic carbocycles. The van der Waals surface area contributed by atoms with Crippen LogP contribution in [-0.2, 0) is 4.79 Å². The minimum absolute atomic E-state index is 0.0200. The molecule has 3 heterocycles. The topological polar surface area (TPSA) is 160 Å². The van der Waals surface area contributed by atoms with Crippen LogP contribution in [0.1, 0.15) is 42.5 Å². The summed E-state index contributed by atoms with van der Waals surface area (Å²) in [6.45, 7) is 0. The summed E-state index contributed by atoms with van der Waals surface area (Å²) >= 11 is 0. The number of hydrogen-bond acceptors (Lipinski definition) is 8. The number of ether oxygens (including phenoxy) is 1. The second-order valence-electron chi connectivity index (χ2n) is 7.86. The van der Waals surface area contributed by atoms with Gasteiger partial charge in [0.2, 0.25) is 11.8 Å². The van der Waals surface area contributed by atoms with Crippen LogP contribution in [0.4, 0.5) is 5.82 Å². The minimum atomic E-state index is -0.266. The number of methoxy groups -OCH3 is 1. The van der Waals surface area contributed by atoms with Crippen molar-refractivity contribution in [3.63, 3.8) is 0 Å². The summed E-state index contributed by atoms with van der Waals surface area (Å²) in [5.74, 6) is 0.111. The first kappa shape index (κ1) is 22.0. The van der Waals surface area contributed by atoms with Gasteiger partial charge in [-0.2, -0.15) is 10.4 Å². The Morgan fingerprint density at radius 3 is 2.64 bits per heavy atom. The van der Waals surface area contributed by atoms with E-state index < -0.39 is 0 Å². The predicted molar refractivity (Wildman–Crippen MR) is 119 cm³/mol. The maximum Gasteiger partial charge on any atom is 0.253 e. The Kier molecular flexibility index (Phi) is 6.35. The van der Waals surface area contributed by atoms with Crippen LogP contribution in [0.15, 0.2) is 30.7 Å². The second kappa shape index (κ2) is 9.52. The third kappa shape index (κ3) is 4.69. The molecule has 3 aromatic rings. The molecule has 33 heavy (non-hydrogen) atoms. The average molecular weight is 448 g/mol. The summed E-state index contributed by atoms with van der Waals surface area (Å²) in [6.07, 6.45) is 5.70. The molecule has 0 bridgehead atoms. The van der Waals surface area contributed by atoms with Gasteiger partial charge in [0.1, 0.15) is 18.3 Å². The average Bonchev–Trinajstić information content (AvgIpc) is 3.22. The molecule has 0 atom stereocenters. The molecule has 3 aromatic heterocycles. The Hall–Kier alpha value is -4.20. The van der Waals surface area contributed by atoms with Crippen LogP contribution in [0.2, 0.25) is 0 Å². The van der Waals surface area contributed by atoms with Gasteiger partial charge in [0.25, 0.3) is 5.91 Å². The quantitative estimate of drug-likeness (QED) is 0.511. The van der Waals surface area contributed by atoms with Gasteiger partial charge < -0.3 is 21.1 Å². The molecule has 1 aliphatic rings. The van der Waals surface area contributed by atoms with Crippen LogP contribution in [0.5, 0.6) is 5.88 Å². The van der Waals surface area contributed by atoms with Crippen molar-refractivity contribution in [2.75, 3.05) is 12.8 Å². The zero-order chi connectivity index (χ0) is 23.4. The molecule has 11 nitrogen and oxygen atoms in total. The molecule has 0 radical (unpaired) electrons. The molecule has 170 valence electrons. The maximum atomic E-state index is 13.2. The van der Waals surface area contributed by atoms with E-state index in [0.29, 0.717) is 22.7 Å².